The molecule has 23 nitrogen and oxygen atoms in total. The Morgan fingerprint density at radius 1 is 0.615 bits per heavy atom. The molecular weight excluding hydrogens is 1260 g/mol. The van der Waals surface area contributed by atoms with Crippen LogP contribution in [0.15, 0.2) is 134 Å². The number of aromatic nitrogens is 8. The molecule has 4 fully saturated rings. The third-order valence-electron chi connectivity index (χ3n) is 16.6. The molecule has 9 aromatic rings. The second-order valence-corrected chi connectivity index (χ2v) is 24.1. The van der Waals surface area contributed by atoms with Gasteiger partial charge in [-0.3, -0.25) is 24.3 Å². The third kappa shape index (κ3) is 16.0. The lowest BCUT2D eigenvalue weighted by Crippen LogP contribution is -2.56. The average Bonchev–Trinajstić information content (AvgIpc) is 1.59. The fourth-order valence-electron chi connectivity index (χ4n) is 11.1. The molecule has 1 saturated carbocycles. The van der Waals surface area contributed by atoms with Crippen molar-refractivity contribution in [1.29, 1.82) is 0 Å². The van der Waals surface area contributed by atoms with Gasteiger partial charge in [-0.2, -0.15) is 36.5 Å². The SMILES string of the molecule is CC1(C(=O)N2CCC[C@@H](Nc3n[nH]c4nccc(Oc5ccc(C(=O)Nc6cc(C(F)(F)F)ccn6)cc5)c34)C2)COC1.CC1(C(=O)O)COC1.COc1ccc(Cn2nc(NC3CCCCC3)c3c(Oc4ccc(C(=O)Nc5cc(C(F)(F)F)ccn5)cc4)ccnc32)cc1. The van der Waals surface area contributed by atoms with E-state index in [4.69, 9.17) is 33.9 Å². The van der Waals surface area contributed by atoms with Gasteiger partial charge in [0.05, 0.1) is 56.6 Å². The minimum absolute atomic E-state index is 0.0223. The number of carboxylic acid groups (broad SMARTS) is 1. The van der Waals surface area contributed by atoms with Gasteiger partial charge in [0.2, 0.25) is 5.91 Å². The highest BCUT2D eigenvalue weighted by molar-refractivity contribution is 6.04. The van der Waals surface area contributed by atoms with Crippen molar-refractivity contribution < 1.29 is 74.3 Å². The van der Waals surface area contributed by atoms with E-state index in [1.54, 1.807) is 62.8 Å². The summed E-state index contributed by atoms with van der Waals surface area (Å²) < 4.78 is 108. The molecule has 6 N–H and O–H groups in total. The van der Waals surface area contributed by atoms with Crippen LogP contribution in [0.2, 0.25) is 0 Å². The van der Waals surface area contributed by atoms with Crippen molar-refractivity contribution in [2.75, 3.05) is 67.9 Å². The number of carboxylic acids is 1. The average molecular weight is 1330 g/mol. The van der Waals surface area contributed by atoms with E-state index < -0.39 is 52.1 Å². The molecule has 0 spiro atoms. The van der Waals surface area contributed by atoms with Gasteiger partial charge in [-0.05, 0) is 130 Å². The number of alkyl halides is 6. The maximum Gasteiger partial charge on any atom is 0.416 e. The zero-order valence-electron chi connectivity index (χ0n) is 52.2. The van der Waals surface area contributed by atoms with Gasteiger partial charge in [-0.1, -0.05) is 31.4 Å². The van der Waals surface area contributed by atoms with E-state index in [2.05, 4.69) is 51.4 Å². The summed E-state index contributed by atoms with van der Waals surface area (Å²) in [5.74, 6) is 1.61. The topological polar surface area (TPSA) is 284 Å². The fraction of sp³-hybridized carbons (Fsp3) is 0.343. The normalized spacial score (nSPS) is 16.6. The van der Waals surface area contributed by atoms with Gasteiger partial charge in [-0.25, -0.2) is 24.6 Å². The number of hydrogen-bond acceptors (Lipinski definition) is 17. The number of H-pyrrole nitrogens is 1. The van der Waals surface area contributed by atoms with Crippen LogP contribution < -0.4 is 35.5 Å². The van der Waals surface area contributed by atoms with Gasteiger partial charge in [0, 0.05) is 73.2 Å². The number of aliphatic carboxylic acids is 1. The van der Waals surface area contributed by atoms with Gasteiger partial charge in [-0.15, -0.1) is 0 Å². The van der Waals surface area contributed by atoms with Crippen molar-refractivity contribution in [3.8, 4) is 28.7 Å². The van der Waals surface area contributed by atoms with Crippen LogP contribution in [0.4, 0.5) is 49.6 Å². The molecule has 29 heteroatoms. The minimum atomic E-state index is -4.55. The van der Waals surface area contributed by atoms with Crippen LogP contribution in [0.3, 0.4) is 0 Å². The molecule has 0 unspecified atom stereocenters. The number of hydrogen-bond donors (Lipinski definition) is 6. The number of piperidine rings is 1. The van der Waals surface area contributed by atoms with Crippen molar-refractivity contribution in [2.24, 2.45) is 10.8 Å². The number of nitrogens with zero attached hydrogens (tertiary/aromatic N) is 8. The molecule has 4 aliphatic rings. The maximum absolute atomic E-state index is 13.0. The summed E-state index contributed by atoms with van der Waals surface area (Å²) in [5.41, 5.74) is -0.220. The second kappa shape index (κ2) is 28.7. The Balaban J connectivity index is 0.000000175. The van der Waals surface area contributed by atoms with Crippen LogP contribution in [-0.2, 0) is 38.0 Å². The number of halogens is 6. The molecule has 96 heavy (non-hydrogen) atoms. The van der Waals surface area contributed by atoms with Crippen LogP contribution >= 0.6 is 0 Å². The lowest BCUT2D eigenvalue weighted by Gasteiger charge is -2.43. The Morgan fingerprint density at radius 3 is 1.64 bits per heavy atom. The zero-order chi connectivity index (χ0) is 67.8. The summed E-state index contributed by atoms with van der Waals surface area (Å²) in [6.45, 7) is 6.95. The van der Waals surface area contributed by atoms with Crippen LogP contribution in [0.5, 0.6) is 28.7 Å². The Hall–Kier alpha value is -10.4. The third-order valence-corrected chi connectivity index (χ3v) is 16.6. The molecule has 1 atom stereocenters. The number of aromatic amines is 1. The molecule has 3 aromatic carbocycles. The number of rotatable bonds is 17. The number of methoxy groups -OCH3 is 1. The number of likely N-dealkylation sites (tertiary alicyclic amines) is 1. The second-order valence-electron chi connectivity index (χ2n) is 24.1. The predicted molar refractivity (Wildman–Crippen MR) is 340 cm³/mol. The molecule has 1 aliphatic carbocycles. The molecule has 6 aromatic heterocycles. The lowest BCUT2D eigenvalue weighted by molar-refractivity contribution is -0.175. The van der Waals surface area contributed by atoms with Crippen molar-refractivity contribution >= 4 is 69.0 Å². The van der Waals surface area contributed by atoms with E-state index in [0.29, 0.717) is 103 Å². The van der Waals surface area contributed by atoms with E-state index in [0.717, 1.165) is 91.9 Å². The number of nitrogens with one attached hydrogen (secondary N) is 5. The van der Waals surface area contributed by atoms with Crippen LogP contribution in [-0.4, -0.2) is 132 Å². The lowest BCUT2D eigenvalue weighted by atomic mass is 9.86. The summed E-state index contributed by atoms with van der Waals surface area (Å²) in [7, 11) is 1.63. The Kier molecular flexibility index (Phi) is 20.0. The van der Waals surface area contributed by atoms with E-state index in [9.17, 15) is 45.5 Å². The Morgan fingerprint density at radius 2 is 1.12 bits per heavy atom. The number of ether oxygens (including phenoxy) is 5. The first-order valence-corrected chi connectivity index (χ1v) is 30.8. The van der Waals surface area contributed by atoms with Crippen molar-refractivity contribution in [3.05, 3.63) is 162 Å². The van der Waals surface area contributed by atoms with Crippen molar-refractivity contribution in [2.45, 2.75) is 89.8 Å². The van der Waals surface area contributed by atoms with E-state index in [1.165, 1.54) is 30.7 Å². The first-order valence-electron chi connectivity index (χ1n) is 30.8. The van der Waals surface area contributed by atoms with Crippen LogP contribution in [0, 0.1) is 10.8 Å². The van der Waals surface area contributed by atoms with E-state index in [1.807, 2.05) is 40.8 Å². The first kappa shape index (κ1) is 67.0. The molecular formula is C67H67F6N13O10. The van der Waals surface area contributed by atoms with Gasteiger partial charge in [0.1, 0.15) is 56.6 Å². The molecule has 502 valence electrons. The Labute approximate surface area is 545 Å². The van der Waals surface area contributed by atoms with E-state index in [-0.39, 0.29) is 34.7 Å². The number of amides is 3. The number of fused-ring (bicyclic) bond motifs is 2. The van der Waals surface area contributed by atoms with Gasteiger partial charge >= 0.3 is 18.3 Å². The maximum atomic E-state index is 13.0. The number of carbonyl (C=O) groups excluding carboxylic acids is 3. The summed E-state index contributed by atoms with van der Waals surface area (Å²) in [5, 5.41) is 33.9. The standard InChI is InChI=1S/C33H31F3N6O3.C29H28F3N7O4.C5H8O3/c1-44-25-11-7-21(8-12-25)20-42-31-29(30(41-42)39-24-5-3-2-4-6-24)27(16-18-38-31)45-26-13-9-22(10-14-26)32(43)40-28-19-23(15-17-37-28)33(34,35)36;1-28(15-42-16-28)27(41)39-12-2-3-19(14-39)35-25-23-21(9-11-34-24(23)37-38-25)43-20-6-4-17(5-7-20)26(40)36-22-13-18(8-10-33-22)29(30,31)32;1-5(4(6)7)2-8-3-5/h7-19,24H,2-6,20H2,1H3,(H,39,41)(H,37,40,43);4-11,13,19H,2-3,12,14-16H2,1H3,(H,33,36,40)(H2,34,35,37,38);2-3H2,1H3,(H,6,7)/t;19-;/m.1./s1. The molecule has 13 rings (SSSR count). The largest absolute Gasteiger partial charge is 0.497 e. The summed E-state index contributed by atoms with van der Waals surface area (Å²) in [6, 6.07) is 27.2. The monoisotopic (exact) mass is 1330 g/mol. The smallest absolute Gasteiger partial charge is 0.416 e. The van der Waals surface area contributed by atoms with Gasteiger partial charge in [0.15, 0.2) is 22.9 Å². The highest BCUT2D eigenvalue weighted by atomic mass is 19.4. The summed E-state index contributed by atoms with van der Waals surface area (Å²) in [4.78, 5) is 67.1. The molecule has 9 heterocycles. The van der Waals surface area contributed by atoms with Crippen LogP contribution in [0.25, 0.3) is 22.1 Å². The van der Waals surface area contributed by atoms with Crippen LogP contribution in [0.1, 0.15) is 96.2 Å². The van der Waals surface area contributed by atoms with E-state index >= 15 is 0 Å². The van der Waals surface area contributed by atoms with Crippen molar-refractivity contribution in [3.63, 3.8) is 0 Å². The molecule has 0 bridgehead atoms. The van der Waals surface area contributed by atoms with Gasteiger partial charge in [0.25, 0.3) is 11.8 Å². The number of carbonyl (C=O) groups is 4. The van der Waals surface area contributed by atoms with Gasteiger partial charge < -0.3 is 55.0 Å². The Bertz CT molecular complexity index is 4230. The molecule has 3 aliphatic heterocycles. The number of benzene rings is 3. The van der Waals surface area contributed by atoms with Crippen molar-refractivity contribution in [1.82, 2.24) is 44.8 Å². The first-order chi connectivity index (χ1) is 46.0. The summed E-state index contributed by atoms with van der Waals surface area (Å²) >= 11 is 0. The molecule has 3 saturated heterocycles. The predicted octanol–water partition coefficient (Wildman–Crippen LogP) is 12.7. The summed E-state index contributed by atoms with van der Waals surface area (Å²) in [6.07, 6.45) is 3.51. The highest BCUT2D eigenvalue weighted by Crippen LogP contribution is 2.39. The molecule has 0 radical (unpaired) electrons. The highest BCUT2D eigenvalue weighted by Gasteiger charge is 2.45. The zero-order valence-corrected chi connectivity index (χ0v) is 52.2. The number of pyridine rings is 4. The number of anilines is 4. The molecule has 3 amide bonds. The minimum Gasteiger partial charge on any atom is -0.497 e. The fourth-order valence-corrected chi connectivity index (χ4v) is 11.1. The quantitative estimate of drug-likeness (QED) is 0.0462.